The molecule has 2 aliphatic heterocycles. The van der Waals surface area contributed by atoms with Gasteiger partial charge in [0.25, 0.3) is 0 Å². The van der Waals surface area contributed by atoms with Crippen LogP contribution in [-0.2, 0) is 9.47 Å². The molecule has 0 aliphatic carbocycles. The quantitative estimate of drug-likeness (QED) is 0.780. The summed E-state index contributed by atoms with van der Waals surface area (Å²) < 4.78 is 23.3. The number of ether oxygens (including phenoxy) is 4. The van der Waals surface area contributed by atoms with E-state index in [4.69, 9.17) is 18.9 Å². The molecule has 0 radical (unpaired) electrons. The van der Waals surface area contributed by atoms with Crippen molar-refractivity contribution >= 4 is 0 Å². The Kier molecular flexibility index (Phi) is 5.38. The normalized spacial score (nSPS) is 24.2. The van der Waals surface area contributed by atoms with Crippen LogP contribution in [0.4, 0.5) is 0 Å². The average molecular weight is 324 g/mol. The average Bonchev–Trinajstić information content (AvgIpc) is 2.55. The van der Waals surface area contributed by atoms with Crippen molar-refractivity contribution in [3.05, 3.63) is 24.3 Å². The van der Waals surface area contributed by atoms with Crippen LogP contribution in [0.3, 0.4) is 0 Å². The van der Waals surface area contributed by atoms with E-state index in [9.17, 15) is 5.11 Å². The van der Waals surface area contributed by atoms with Gasteiger partial charge in [-0.3, -0.25) is 0 Å². The van der Waals surface area contributed by atoms with Gasteiger partial charge in [0, 0.05) is 0 Å². The maximum Gasteiger partial charge on any atom is 0.161 e. The molecule has 1 aromatic carbocycles. The maximum atomic E-state index is 10.2. The summed E-state index contributed by atoms with van der Waals surface area (Å²) in [4.78, 5) is 0. The molecule has 1 saturated heterocycles. The number of rotatable bonds is 6. The topological polar surface area (TPSA) is 57.2 Å². The number of aliphatic hydroxyl groups excluding tert-OH is 1. The molecule has 2 atom stereocenters. The SMILES string of the molecule is C[N+]1(CC(O)COCC2COc3ccccc3O2)CCOCC1. The second-order valence-electron chi connectivity index (χ2n) is 6.55. The Morgan fingerprint density at radius 2 is 2.00 bits per heavy atom. The highest BCUT2D eigenvalue weighted by molar-refractivity contribution is 5.40. The molecule has 2 unspecified atom stereocenters. The van der Waals surface area contributed by atoms with Crippen LogP contribution in [-0.4, -0.2) is 81.5 Å². The number of hydrogen-bond donors (Lipinski definition) is 1. The van der Waals surface area contributed by atoms with Gasteiger partial charge >= 0.3 is 0 Å². The first kappa shape index (κ1) is 16.5. The smallest absolute Gasteiger partial charge is 0.161 e. The molecule has 2 heterocycles. The maximum absolute atomic E-state index is 10.2. The van der Waals surface area contributed by atoms with Crippen LogP contribution in [0.25, 0.3) is 0 Å². The van der Waals surface area contributed by atoms with E-state index in [0.29, 0.717) is 26.4 Å². The molecule has 128 valence electrons. The molecule has 0 aromatic heterocycles. The van der Waals surface area contributed by atoms with Crippen LogP contribution in [0.15, 0.2) is 24.3 Å². The third-order valence-corrected chi connectivity index (χ3v) is 4.38. The third-order valence-electron chi connectivity index (χ3n) is 4.38. The third kappa shape index (κ3) is 4.57. The first-order valence-electron chi connectivity index (χ1n) is 8.20. The lowest BCUT2D eigenvalue weighted by molar-refractivity contribution is -0.919. The Balaban J connectivity index is 1.38. The molecule has 1 aromatic rings. The van der Waals surface area contributed by atoms with Crippen molar-refractivity contribution in [1.82, 2.24) is 0 Å². The summed E-state index contributed by atoms with van der Waals surface area (Å²) in [6.45, 7) is 5.29. The zero-order valence-corrected chi connectivity index (χ0v) is 13.6. The molecule has 0 amide bonds. The Bertz CT molecular complexity index is 504. The summed E-state index contributed by atoms with van der Waals surface area (Å²) >= 11 is 0. The van der Waals surface area contributed by atoms with Crippen LogP contribution in [0.2, 0.25) is 0 Å². The highest BCUT2D eigenvalue weighted by Crippen LogP contribution is 2.30. The molecule has 0 saturated carbocycles. The Hall–Kier alpha value is -1.34. The molecular formula is C17H26NO5+. The number of para-hydroxylation sites is 2. The Morgan fingerprint density at radius 3 is 2.78 bits per heavy atom. The van der Waals surface area contributed by atoms with Crippen molar-refractivity contribution in [2.24, 2.45) is 0 Å². The van der Waals surface area contributed by atoms with Crippen molar-refractivity contribution in [1.29, 1.82) is 0 Å². The van der Waals surface area contributed by atoms with Crippen molar-refractivity contribution in [3.63, 3.8) is 0 Å². The first-order chi connectivity index (χ1) is 11.1. The lowest BCUT2D eigenvalue weighted by Gasteiger charge is -2.38. The van der Waals surface area contributed by atoms with E-state index in [-0.39, 0.29) is 6.10 Å². The van der Waals surface area contributed by atoms with Crippen LogP contribution >= 0.6 is 0 Å². The van der Waals surface area contributed by atoms with E-state index in [0.717, 1.165) is 42.3 Å². The number of benzene rings is 1. The van der Waals surface area contributed by atoms with Crippen LogP contribution in [0.5, 0.6) is 11.5 Å². The molecule has 1 N–H and O–H groups in total. The zero-order valence-electron chi connectivity index (χ0n) is 13.6. The molecular weight excluding hydrogens is 298 g/mol. The van der Waals surface area contributed by atoms with Crippen LogP contribution in [0.1, 0.15) is 0 Å². The van der Waals surface area contributed by atoms with Crippen molar-refractivity contribution in [2.75, 3.05) is 59.7 Å². The van der Waals surface area contributed by atoms with Crippen molar-refractivity contribution in [2.45, 2.75) is 12.2 Å². The molecule has 0 spiro atoms. The molecule has 6 nitrogen and oxygen atoms in total. The summed E-state index contributed by atoms with van der Waals surface area (Å²) in [6, 6.07) is 7.62. The van der Waals surface area contributed by atoms with Gasteiger partial charge in [0.1, 0.15) is 32.3 Å². The minimum absolute atomic E-state index is 0.134. The summed E-state index contributed by atoms with van der Waals surface area (Å²) in [5.41, 5.74) is 0. The van der Waals surface area contributed by atoms with Crippen molar-refractivity contribution < 1.29 is 28.5 Å². The number of nitrogens with zero attached hydrogens (tertiary/aromatic N) is 1. The van der Waals surface area contributed by atoms with Gasteiger partial charge in [0.05, 0.1) is 33.5 Å². The Morgan fingerprint density at radius 1 is 1.26 bits per heavy atom. The van der Waals surface area contributed by atoms with E-state index in [1.165, 1.54) is 0 Å². The monoisotopic (exact) mass is 324 g/mol. The highest BCUT2D eigenvalue weighted by atomic mass is 16.6. The minimum atomic E-state index is -0.477. The fraction of sp³-hybridized carbons (Fsp3) is 0.647. The number of morpholine rings is 1. The summed E-state index contributed by atoms with van der Waals surface area (Å²) in [7, 11) is 2.15. The molecule has 0 bridgehead atoms. The van der Waals surface area contributed by atoms with Gasteiger partial charge in [0.2, 0.25) is 0 Å². The number of fused-ring (bicyclic) bond motifs is 1. The van der Waals surface area contributed by atoms with Gasteiger partial charge in [-0.15, -0.1) is 0 Å². The van der Waals surface area contributed by atoms with E-state index in [2.05, 4.69) is 7.05 Å². The molecule has 6 heteroatoms. The van der Waals surface area contributed by atoms with Crippen LogP contribution < -0.4 is 9.47 Å². The predicted octanol–water partition coefficient (Wildman–Crippen LogP) is 0.681. The molecule has 23 heavy (non-hydrogen) atoms. The van der Waals surface area contributed by atoms with Gasteiger partial charge in [-0.05, 0) is 12.1 Å². The van der Waals surface area contributed by atoms with E-state index < -0.39 is 6.10 Å². The fourth-order valence-electron chi connectivity index (χ4n) is 3.01. The number of aliphatic hydroxyl groups is 1. The summed E-state index contributed by atoms with van der Waals surface area (Å²) in [5.74, 6) is 1.52. The van der Waals surface area contributed by atoms with Gasteiger partial charge in [-0.2, -0.15) is 0 Å². The predicted molar refractivity (Wildman–Crippen MR) is 84.8 cm³/mol. The Labute approximate surface area is 137 Å². The lowest BCUT2D eigenvalue weighted by atomic mass is 10.2. The molecule has 2 aliphatic rings. The van der Waals surface area contributed by atoms with E-state index in [1.54, 1.807) is 0 Å². The van der Waals surface area contributed by atoms with Gasteiger partial charge < -0.3 is 28.5 Å². The van der Waals surface area contributed by atoms with Gasteiger partial charge in [-0.25, -0.2) is 0 Å². The van der Waals surface area contributed by atoms with E-state index in [1.807, 2.05) is 24.3 Å². The minimum Gasteiger partial charge on any atom is -0.486 e. The second-order valence-corrected chi connectivity index (χ2v) is 6.55. The largest absolute Gasteiger partial charge is 0.486 e. The van der Waals surface area contributed by atoms with Gasteiger partial charge in [0.15, 0.2) is 17.6 Å². The highest BCUT2D eigenvalue weighted by Gasteiger charge is 2.28. The second kappa shape index (κ2) is 7.49. The summed E-state index contributed by atoms with van der Waals surface area (Å²) in [5, 5.41) is 10.2. The summed E-state index contributed by atoms with van der Waals surface area (Å²) in [6.07, 6.45) is -0.611. The zero-order chi connectivity index (χ0) is 16.1. The molecule has 3 rings (SSSR count). The number of likely N-dealkylation sites (N-methyl/N-ethyl adjacent to an activating group) is 1. The number of hydrogen-bond acceptors (Lipinski definition) is 5. The van der Waals surface area contributed by atoms with Crippen molar-refractivity contribution in [3.8, 4) is 11.5 Å². The fourth-order valence-corrected chi connectivity index (χ4v) is 3.01. The van der Waals surface area contributed by atoms with Gasteiger partial charge in [-0.1, -0.05) is 12.1 Å². The first-order valence-corrected chi connectivity index (χ1v) is 8.20. The number of quaternary nitrogens is 1. The van der Waals surface area contributed by atoms with E-state index >= 15 is 0 Å². The molecule has 1 fully saturated rings. The van der Waals surface area contributed by atoms with Crippen LogP contribution in [0, 0.1) is 0 Å². The standard InChI is InChI=1S/C17H26NO5/c1-18(6-8-20-9-7-18)10-14(19)11-21-12-15-13-22-16-4-2-3-5-17(16)23-15/h2-5,14-15,19H,6-13H2,1H3/q+1. The lowest BCUT2D eigenvalue weighted by Crippen LogP contribution is -2.55.